The highest BCUT2D eigenvalue weighted by Gasteiger charge is 2.30. The van der Waals surface area contributed by atoms with Gasteiger partial charge >= 0.3 is 5.97 Å². The Labute approximate surface area is 121 Å². The lowest BCUT2D eigenvalue weighted by Crippen LogP contribution is -2.45. The number of hydrogen-bond acceptors (Lipinski definition) is 3. The third-order valence-corrected chi connectivity index (χ3v) is 3.35. The molecule has 0 radical (unpaired) electrons. The lowest BCUT2D eigenvalue weighted by atomic mass is 9.96. The second-order valence-electron chi connectivity index (χ2n) is 4.11. The van der Waals surface area contributed by atoms with Gasteiger partial charge in [0.25, 0.3) is 0 Å². The van der Waals surface area contributed by atoms with Crippen LogP contribution in [0.2, 0.25) is 5.02 Å². The molecule has 1 aromatic carbocycles. The quantitative estimate of drug-likeness (QED) is 0.648. The first-order chi connectivity index (χ1) is 9.02. The van der Waals surface area contributed by atoms with E-state index in [-0.39, 0.29) is 12.0 Å². The minimum absolute atomic E-state index is 0.335. The normalized spacial score (nSPS) is 18.7. The van der Waals surface area contributed by atoms with Gasteiger partial charge in [0.1, 0.15) is 0 Å². The first-order valence-corrected chi connectivity index (χ1v) is 6.43. The van der Waals surface area contributed by atoms with Crippen LogP contribution in [0, 0.1) is 0 Å². The summed E-state index contributed by atoms with van der Waals surface area (Å²) in [4.78, 5) is 11.9. The Morgan fingerprint density at radius 3 is 2.58 bits per heavy atom. The van der Waals surface area contributed by atoms with Crippen molar-refractivity contribution in [1.29, 1.82) is 0 Å². The SMILES string of the molecule is COC(=O)C1=C(C)NC(=S)N[C@@H]1c1ccc(Cl)cc1. The lowest BCUT2D eigenvalue weighted by molar-refractivity contribution is -0.136. The van der Waals surface area contributed by atoms with Gasteiger partial charge in [0.2, 0.25) is 0 Å². The van der Waals surface area contributed by atoms with Gasteiger partial charge in [-0.25, -0.2) is 4.79 Å². The average molecular weight is 297 g/mol. The van der Waals surface area contributed by atoms with E-state index in [9.17, 15) is 4.79 Å². The van der Waals surface area contributed by atoms with Crippen LogP contribution in [0.3, 0.4) is 0 Å². The molecule has 100 valence electrons. The van der Waals surface area contributed by atoms with E-state index < -0.39 is 0 Å². The largest absolute Gasteiger partial charge is 0.466 e. The number of carbonyl (C=O) groups is 1. The van der Waals surface area contributed by atoms with Gasteiger partial charge in [0.05, 0.1) is 18.7 Å². The average Bonchev–Trinajstić information content (AvgIpc) is 2.38. The fourth-order valence-corrected chi connectivity index (χ4v) is 2.38. The number of carbonyl (C=O) groups excluding carboxylic acids is 1. The number of halogens is 1. The van der Waals surface area contributed by atoms with Crippen LogP contribution in [0.5, 0.6) is 0 Å². The molecule has 1 atom stereocenters. The number of hydrogen-bond donors (Lipinski definition) is 2. The van der Waals surface area contributed by atoms with E-state index in [0.29, 0.717) is 21.4 Å². The maximum absolute atomic E-state index is 11.9. The predicted molar refractivity (Wildman–Crippen MR) is 77.8 cm³/mol. The van der Waals surface area contributed by atoms with Crippen molar-refractivity contribution in [3.05, 3.63) is 46.1 Å². The number of nitrogens with one attached hydrogen (secondary N) is 2. The Hall–Kier alpha value is -1.59. The topological polar surface area (TPSA) is 50.4 Å². The number of methoxy groups -OCH3 is 1. The Bertz CT molecular complexity index is 554. The van der Waals surface area contributed by atoms with Crippen LogP contribution in [0.1, 0.15) is 18.5 Å². The van der Waals surface area contributed by atoms with E-state index >= 15 is 0 Å². The van der Waals surface area contributed by atoms with Crippen LogP contribution in [-0.4, -0.2) is 18.2 Å². The second kappa shape index (κ2) is 5.59. The van der Waals surface area contributed by atoms with Crippen molar-refractivity contribution < 1.29 is 9.53 Å². The van der Waals surface area contributed by atoms with Gasteiger partial charge in [0, 0.05) is 10.7 Å². The molecule has 1 aliphatic rings. The van der Waals surface area contributed by atoms with Crippen molar-refractivity contribution in [3.63, 3.8) is 0 Å². The first-order valence-electron chi connectivity index (χ1n) is 5.65. The monoisotopic (exact) mass is 296 g/mol. The van der Waals surface area contributed by atoms with Crippen LogP contribution in [0.4, 0.5) is 0 Å². The minimum Gasteiger partial charge on any atom is -0.466 e. The molecule has 2 rings (SSSR count). The first kappa shape index (κ1) is 13.8. The number of thiocarbonyl (C=S) groups is 1. The maximum Gasteiger partial charge on any atom is 0.337 e. The molecule has 0 bridgehead atoms. The fraction of sp³-hybridized carbons (Fsp3) is 0.231. The van der Waals surface area contributed by atoms with Crippen LogP contribution in [-0.2, 0) is 9.53 Å². The highest BCUT2D eigenvalue weighted by Crippen LogP contribution is 2.28. The molecule has 0 aliphatic carbocycles. The van der Waals surface area contributed by atoms with Crippen molar-refractivity contribution in [3.8, 4) is 0 Å². The van der Waals surface area contributed by atoms with Gasteiger partial charge in [-0.15, -0.1) is 0 Å². The summed E-state index contributed by atoms with van der Waals surface area (Å²) in [5.41, 5.74) is 2.10. The van der Waals surface area contributed by atoms with Crippen LogP contribution in [0.25, 0.3) is 0 Å². The summed E-state index contributed by atoms with van der Waals surface area (Å²) in [6, 6.07) is 6.91. The minimum atomic E-state index is -0.389. The highest BCUT2D eigenvalue weighted by molar-refractivity contribution is 7.80. The van der Waals surface area contributed by atoms with Crippen LogP contribution >= 0.6 is 23.8 Å². The van der Waals surface area contributed by atoms with Gasteiger partial charge in [0.15, 0.2) is 5.11 Å². The van der Waals surface area contributed by atoms with Gasteiger partial charge in [-0.3, -0.25) is 0 Å². The molecule has 0 saturated carbocycles. The van der Waals surface area contributed by atoms with E-state index in [1.54, 1.807) is 19.1 Å². The second-order valence-corrected chi connectivity index (χ2v) is 4.96. The Balaban J connectivity index is 2.46. The summed E-state index contributed by atoms with van der Waals surface area (Å²) in [5.74, 6) is -0.389. The third kappa shape index (κ3) is 2.88. The summed E-state index contributed by atoms with van der Waals surface area (Å²) < 4.78 is 4.82. The molecular formula is C13H13ClN2O2S. The van der Waals surface area contributed by atoms with E-state index in [0.717, 1.165) is 5.56 Å². The van der Waals surface area contributed by atoms with Gasteiger partial charge in [-0.2, -0.15) is 0 Å². The molecule has 0 amide bonds. The molecule has 1 aromatic rings. The number of esters is 1. The van der Waals surface area contributed by atoms with Crippen molar-refractivity contribution in [2.24, 2.45) is 0 Å². The molecule has 4 nitrogen and oxygen atoms in total. The summed E-state index contributed by atoms with van der Waals surface area (Å²) in [6.07, 6.45) is 0. The van der Waals surface area contributed by atoms with Crippen molar-refractivity contribution in [1.82, 2.24) is 10.6 Å². The molecule has 0 spiro atoms. The van der Waals surface area contributed by atoms with Gasteiger partial charge in [-0.1, -0.05) is 23.7 Å². The van der Waals surface area contributed by atoms with Crippen molar-refractivity contribution in [2.75, 3.05) is 7.11 Å². The van der Waals surface area contributed by atoms with Gasteiger partial charge < -0.3 is 15.4 Å². The Kier molecular flexibility index (Phi) is 4.07. The molecule has 19 heavy (non-hydrogen) atoms. The van der Waals surface area contributed by atoms with E-state index in [1.165, 1.54) is 7.11 Å². The zero-order valence-corrected chi connectivity index (χ0v) is 12.1. The number of ether oxygens (including phenoxy) is 1. The maximum atomic E-state index is 11.9. The molecule has 0 aromatic heterocycles. The smallest absolute Gasteiger partial charge is 0.337 e. The summed E-state index contributed by atoms with van der Waals surface area (Å²) in [7, 11) is 1.36. The summed E-state index contributed by atoms with van der Waals surface area (Å²) in [5, 5.41) is 7.11. The zero-order chi connectivity index (χ0) is 14.0. The molecule has 2 N–H and O–H groups in total. The number of allylic oxidation sites excluding steroid dienone is 1. The fourth-order valence-electron chi connectivity index (χ4n) is 1.98. The molecule has 1 heterocycles. The third-order valence-electron chi connectivity index (χ3n) is 2.88. The molecule has 0 unspecified atom stereocenters. The van der Waals surface area contributed by atoms with Crippen LogP contribution < -0.4 is 10.6 Å². The number of rotatable bonds is 2. The van der Waals surface area contributed by atoms with E-state index in [2.05, 4.69) is 10.6 Å². The van der Waals surface area contributed by atoms with Gasteiger partial charge in [-0.05, 0) is 36.8 Å². The standard InChI is InChI=1S/C13H13ClN2O2S/c1-7-10(12(17)18-2)11(16-13(19)15-7)8-3-5-9(14)6-4-8/h3-6,11H,1-2H3,(H2,15,16,19)/t11-/m1/s1. The van der Waals surface area contributed by atoms with E-state index in [1.807, 2.05) is 12.1 Å². The van der Waals surface area contributed by atoms with Crippen LogP contribution in [0.15, 0.2) is 35.5 Å². The summed E-state index contributed by atoms with van der Waals surface area (Å²) in [6.45, 7) is 1.79. The Morgan fingerprint density at radius 2 is 2.00 bits per heavy atom. The highest BCUT2D eigenvalue weighted by atomic mass is 35.5. The molecule has 6 heteroatoms. The molecule has 0 saturated heterocycles. The summed E-state index contributed by atoms with van der Waals surface area (Å²) >= 11 is 11.0. The lowest BCUT2D eigenvalue weighted by Gasteiger charge is -2.29. The van der Waals surface area contributed by atoms with Crippen molar-refractivity contribution >= 4 is 34.9 Å². The number of benzene rings is 1. The molecule has 0 fully saturated rings. The predicted octanol–water partition coefficient (Wildman–Crippen LogP) is 2.31. The zero-order valence-electron chi connectivity index (χ0n) is 10.5. The molecule has 1 aliphatic heterocycles. The van der Waals surface area contributed by atoms with Crippen molar-refractivity contribution in [2.45, 2.75) is 13.0 Å². The molecular weight excluding hydrogens is 284 g/mol. The Morgan fingerprint density at radius 1 is 1.37 bits per heavy atom. The van der Waals surface area contributed by atoms with E-state index in [4.69, 9.17) is 28.6 Å².